The second kappa shape index (κ2) is 6.09. The minimum Gasteiger partial charge on any atom is -0.448 e. The highest BCUT2D eigenvalue weighted by Crippen LogP contribution is 2.21. The Hall–Kier alpha value is -2.15. The van der Waals surface area contributed by atoms with Gasteiger partial charge in [-0.05, 0) is 12.1 Å². The molecule has 1 aromatic carbocycles. The molecule has 1 aliphatic heterocycles. The predicted octanol–water partition coefficient (Wildman–Crippen LogP) is 1.41. The third kappa shape index (κ3) is 3.30. The summed E-state index contributed by atoms with van der Waals surface area (Å²) in [4.78, 5) is 28.9. The van der Waals surface area contributed by atoms with E-state index in [0.29, 0.717) is 26.1 Å². The largest absolute Gasteiger partial charge is 0.448 e. The van der Waals surface area contributed by atoms with Crippen molar-refractivity contribution < 1.29 is 14.3 Å². The molecule has 1 aliphatic rings. The monoisotopic (exact) mass is 305 g/mol. The van der Waals surface area contributed by atoms with Gasteiger partial charge in [0.1, 0.15) is 13.2 Å². The van der Waals surface area contributed by atoms with E-state index >= 15 is 0 Å². The van der Waals surface area contributed by atoms with Crippen molar-refractivity contribution in [3.8, 4) is 0 Å². The number of carbonyl (C=O) groups is 2. The number of ether oxygens (including phenoxy) is 1. The Morgan fingerprint density at radius 3 is 3.05 bits per heavy atom. The van der Waals surface area contributed by atoms with E-state index in [4.69, 9.17) is 4.74 Å². The first kappa shape index (κ1) is 13.8. The fourth-order valence-electron chi connectivity index (χ4n) is 2.13. The summed E-state index contributed by atoms with van der Waals surface area (Å²) in [5.74, 6) is -0.171. The zero-order valence-electron chi connectivity index (χ0n) is 11.4. The summed E-state index contributed by atoms with van der Waals surface area (Å²) in [6, 6.07) is 7.96. The molecule has 0 bridgehead atoms. The second-order valence-corrected chi connectivity index (χ2v) is 5.83. The topological polar surface area (TPSA) is 71.5 Å². The Morgan fingerprint density at radius 1 is 1.43 bits per heavy atom. The van der Waals surface area contributed by atoms with Gasteiger partial charge in [0.2, 0.25) is 5.91 Å². The number of cyclic esters (lactones) is 1. The maximum absolute atomic E-state index is 11.7. The SMILES string of the molecule is O=C(CN1CCOC1=O)NCCc1nc2ccccc2s1. The summed E-state index contributed by atoms with van der Waals surface area (Å²) >= 11 is 1.64. The number of fused-ring (bicyclic) bond motifs is 1. The Labute approximate surface area is 125 Å². The molecular weight excluding hydrogens is 290 g/mol. The molecule has 1 saturated heterocycles. The van der Waals surface area contributed by atoms with Crippen molar-refractivity contribution in [3.63, 3.8) is 0 Å². The van der Waals surface area contributed by atoms with Gasteiger partial charge in [-0.1, -0.05) is 12.1 Å². The zero-order chi connectivity index (χ0) is 14.7. The summed E-state index contributed by atoms with van der Waals surface area (Å²) < 4.78 is 5.92. The number of nitrogens with zero attached hydrogens (tertiary/aromatic N) is 2. The molecule has 21 heavy (non-hydrogen) atoms. The van der Waals surface area contributed by atoms with Crippen molar-refractivity contribution in [1.82, 2.24) is 15.2 Å². The predicted molar refractivity (Wildman–Crippen MR) is 79.3 cm³/mol. The van der Waals surface area contributed by atoms with E-state index in [2.05, 4.69) is 10.3 Å². The Kier molecular flexibility index (Phi) is 4.01. The van der Waals surface area contributed by atoms with Gasteiger partial charge in [0.05, 0.1) is 21.8 Å². The van der Waals surface area contributed by atoms with Crippen LogP contribution in [0, 0.1) is 0 Å². The van der Waals surface area contributed by atoms with Gasteiger partial charge in [-0.2, -0.15) is 0 Å². The highest BCUT2D eigenvalue weighted by molar-refractivity contribution is 7.18. The molecule has 2 aromatic rings. The molecule has 2 heterocycles. The molecule has 0 aliphatic carbocycles. The first-order valence-electron chi connectivity index (χ1n) is 6.75. The summed E-state index contributed by atoms with van der Waals surface area (Å²) in [5.41, 5.74) is 0.989. The zero-order valence-corrected chi connectivity index (χ0v) is 12.2. The molecule has 0 spiro atoms. The summed E-state index contributed by atoms with van der Waals surface area (Å²) in [6.45, 7) is 1.40. The van der Waals surface area contributed by atoms with E-state index in [1.165, 1.54) is 4.90 Å². The van der Waals surface area contributed by atoms with Gasteiger partial charge >= 0.3 is 6.09 Å². The van der Waals surface area contributed by atoms with Crippen LogP contribution in [-0.4, -0.2) is 48.1 Å². The number of para-hydroxylation sites is 1. The van der Waals surface area contributed by atoms with E-state index in [9.17, 15) is 9.59 Å². The molecule has 1 fully saturated rings. The standard InChI is InChI=1S/C14H15N3O3S/c18-12(9-17-7-8-20-14(17)19)15-6-5-13-16-10-3-1-2-4-11(10)21-13/h1-4H,5-9H2,(H,15,18). The minimum atomic E-state index is -0.420. The Morgan fingerprint density at radius 2 is 2.29 bits per heavy atom. The molecule has 3 rings (SSSR count). The summed E-state index contributed by atoms with van der Waals surface area (Å²) in [6.07, 6.45) is 0.270. The van der Waals surface area contributed by atoms with Crippen molar-refractivity contribution in [2.24, 2.45) is 0 Å². The van der Waals surface area contributed by atoms with Crippen molar-refractivity contribution in [3.05, 3.63) is 29.3 Å². The van der Waals surface area contributed by atoms with Crippen LogP contribution in [0.4, 0.5) is 4.79 Å². The van der Waals surface area contributed by atoms with Crippen LogP contribution in [-0.2, 0) is 16.0 Å². The van der Waals surface area contributed by atoms with E-state index in [0.717, 1.165) is 15.2 Å². The van der Waals surface area contributed by atoms with Crippen LogP contribution >= 0.6 is 11.3 Å². The molecule has 2 amide bonds. The number of rotatable bonds is 5. The third-order valence-electron chi connectivity index (χ3n) is 3.18. The number of aromatic nitrogens is 1. The maximum Gasteiger partial charge on any atom is 0.410 e. The number of carbonyl (C=O) groups excluding carboxylic acids is 2. The average molecular weight is 305 g/mol. The number of hydrogen-bond donors (Lipinski definition) is 1. The van der Waals surface area contributed by atoms with Crippen LogP contribution in [0.1, 0.15) is 5.01 Å². The van der Waals surface area contributed by atoms with Gasteiger partial charge in [0.15, 0.2) is 0 Å². The van der Waals surface area contributed by atoms with Crippen LogP contribution < -0.4 is 5.32 Å². The van der Waals surface area contributed by atoms with E-state index < -0.39 is 6.09 Å². The molecule has 1 N–H and O–H groups in total. The van der Waals surface area contributed by atoms with Gasteiger partial charge in [-0.3, -0.25) is 9.69 Å². The van der Waals surface area contributed by atoms with Crippen molar-refractivity contribution in [2.45, 2.75) is 6.42 Å². The smallest absolute Gasteiger partial charge is 0.410 e. The fraction of sp³-hybridized carbons (Fsp3) is 0.357. The molecule has 0 saturated carbocycles. The van der Waals surface area contributed by atoms with Gasteiger partial charge in [-0.15, -0.1) is 11.3 Å². The van der Waals surface area contributed by atoms with Crippen LogP contribution in [0.2, 0.25) is 0 Å². The summed E-state index contributed by atoms with van der Waals surface area (Å²) in [5, 5.41) is 3.80. The van der Waals surface area contributed by atoms with Crippen LogP contribution in [0.5, 0.6) is 0 Å². The lowest BCUT2D eigenvalue weighted by Gasteiger charge is -2.11. The van der Waals surface area contributed by atoms with Crippen molar-refractivity contribution >= 4 is 33.6 Å². The molecule has 7 heteroatoms. The van der Waals surface area contributed by atoms with Crippen molar-refractivity contribution in [1.29, 1.82) is 0 Å². The molecule has 0 radical (unpaired) electrons. The molecule has 110 valence electrons. The van der Waals surface area contributed by atoms with Crippen LogP contribution in [0.3, 0.4) is 0 Å². The average Bonchev–Trinajstić information content (AvgIpc) is 3.05. The fourth-order valence-corrected chi connectivity index (χ4v) is 3.10. The normalized spacial score (nSPS) is 14.5. The lowest BCUT2D eigenvalue weighted by molar-refractivity contribution is -0.121. The van der Waals surface area contributed by atoms with Gasteiger partial charge in [-0.25, -0.2) is 9.78 Å². The number of thiazole rings is 1. The quantitative estimate of drug-likeness (QED) is 0.906. The lowest BCUT2D eigenvalue weighted by atomic mass is 10.3. The minimum absolute atomic E-state index is 0.0542. The van der Waals surface area contributed by atoms with Gasteiger partial charge in [0, 0.05) is 13.0 Å². The van der Waals surface area contributed by atoms with Gasteiger partial charge < -0.3 is 10.1 Å². The van der Waals surface area contributed by atoms with E-state index in [1.807, 2.05) is 24.3 Å². The van der Waals surface area contributed by atoms with Crippen LogP contribution in [0.15, 0.2) is 24.3 Å². The highest BCUT2D eigenvalue weighted by atomic mass is 32.1. The van der Waals surface area contributed by atoms with E-state index in [-0.39, 0.29) is 12.5 Å². The first-order chi connectivity index (χ1) is 10.2. The molecule has 0 unspecified atom stereocenters. The van der Waals surface area contributed by atoms with Crippen LogP contribution in [0.25, 0.3) is 10.2 Å². The lowest BCUT2D eigenvalue weighted by Crippen LogP contribution is -2.38. The van der Waals surface area contributed by atoms with Gasteiger partial charge in [0.25, 0.3) is 0 Å². The molecule has 1 aromatic heterocycles. The van der Waals surface area contributed by atoms with E-state index in [1.54, 1.807) is 11.3 Å². The number of benzene rings is 1. The van der Waals surface area contributed by atoms with Crippen molar-refractivity contribution in [2.75, 3.05) is 26.2 Å². The molecule has 0 atom stereocenters. The maximum atomic E-state index is 11.7. The highest BCUT2D eigenvalue weighted by Gasteiger charge is 2.23. The number of amides is 2. The second-order valence-electron chi connectivity index (χ2n) is 4.71. The third-order valence-corrected chi connectivity index (χ3v) is 4.27. The molecule has 6 nitrogen and oxygen atoms in total. The summed E-state index contributed by atoms with van der Waals surface area (Å²) in [7, 11) is 0. The Bertz CT molecular complexity index is 637. The Balaban J connectivity index is 1.47. The number of nitrogens with one attached hydrogen (secondary N) is 1. The first-order valence-corrected chi connectivity index (χ1v) is 7.57. The molecular formula is C14H15N3O3S. The number of hydrogen-bond acceptors (Lipinski definition) is 5.